The topological polar surface area (TPSA) is 18.5 Å². The van der Waals surface area contributed by atoms with Gasteiger partial charge in [-0.3, -0.25) is 0 Å². The van der Waals surface area contributed by atoms with Crippen molar-refractivity contribution in [3.63, 3.8) is 0 Å². The van der Waals surface area contributed by atoms with Crippen LogP contribution in [0.4, 0.5) is 0 Å². The molecular weight excluding hydrogens is 234 g/mol. The summed E-state index contributed by atoms with van der Waals surface area (Å²) in [5.41, 5.74) is 0. The number of hydrogen-bond acceptors (Lipinski definition) is 3. The monoisotopic (exact) mass is 267 g/mol. The van der Waals surface area contributed by atoms with Crippen LogP contribution in [0.15, 0.2) is 0 Å². The molecule has 0 radical (unpaired) electrons. The van der Waals surface area contributed by atoms with Crippen LogP contribution in [0, 0.1) is 5.92 Å². The summed E-state index contributed by atoms with van der Waals surface area (Å²) < 4.78 is 0. The van der Waals surface area contributed by atoms with Gasteiger partial charge in [0.2, 0.25) is 0 Å². The van der Waals surface area contributed by atoms with Gasteiger partial charge in [-0.1, -0.05) is 20.3 Å². The van der Waals surface area contributed by atoms with Gasteiger partial charge in [0.15, 0.2) is 0 Å². The molecule has 19 heavy (non-hydrogen) atoms. The van der Waals surface area contributed by atoms with Crippen LogP contribution in [0.25, 0.3) is 0 Å². The van der Waals surface area contributed by atoms with Crippen LogP contribution in [0.1, 0.15) is 46.0 Å². The molecule has 0 aromatic carbocycles. The Morgan fingerprint density at radius 3 is 2.32 bits per heavy atom. The van der Waals surface area contributed by atoms with E-state index in [1.807, 2.05) is 0 Å². The highest BCUT2D eigenvalue weighted by atomic mass is 15.2. The summed E-state index contributed by atoms with van der Waals surface area (Å²) in [7, 11) is 0. The van der Waals surface area contributed by atoms with Crippen molar-refractivity contribution < 1.29 is 0 Å². The van der Waals surface area contributed by atoms with Gasteiger partial charge in [0, 0.05) is 19.1 Å². The van der Waals surface area contributed by atoms with Gasteiger partial charge in [-0.05, 0) is 64.3 Å². The predicted octanol–water partition coefficient (Wildman–Crippen LogP) is 2.18. The zero-order valence-electron chi connectivity index (χ0n) is 13.0. The number of hydrogen-bond donors (Lipinski definition) is 1. The molecule has 0 spiro atoms. The summed E-state index contributed by atoms with van der Waals surface area (Å²) in [5.74, 6) is 0.768. The summed E-state index contributed by atoms with van der Waals surface area (Å²) in [6.45, 7) is 13.4. The van der Waals surface area contributed by atoms with E-state index < -0.39 is 0 Å². The predicted molar refractivity (Wildman–Crippen MR) is 82.6 cm³/mol. The van der Waals surface area contributed by atoms with Gasteiger partial charge in [0.1, 0.15) is 0 Å². The fraction of sp³-hybridized carbons (Fsp3) is 1.00. The fourth-order valence-corrected chi connectivity index (χ4v) is 3.42. The highest BCUT2D eigenvalue weighted by Crippen LogP contribution is 2.20. The van der Waals surface area contributed by atoms with Crippen LogP contribution in [0.2, 0.25) is 0 Å². The number of likely N-dealkylation sites (tertiary alicyclic amines) is 2. The van der Waals surface area contributed by atoms with Crippen LogP contribution < -0.4 is 5.32 Å². The lowest BCUT2D eigenvalue weighted by molar-refractivity contribution is 0.0929. The summed E-state index contributed by atoms with van der Waals surface area (Å²) >= 11 is 0. The van der Waals surface area contributed by atoms with E-state index in [0.29, 0.717) is 0 Å². The van der Waals surface area contributed by atoms with Crippen molar-refractivity contribution in [1.29, 1.82) is 0 Å². The smallest absolute Gasteiger partial charge is 0.0120 e. The van der Waals surface area contributed by atoms with Crippen molar-refractivity contribution in [1.82, 2.24) is 15.1 Å². The summed E-state index contributed by atoms with van der Waals surface area (Å²) in [6.07, 6.45) is 7.10. The zero-order chi connectivity index (χ0) is 13.5. The van der Waals surface area contributed by atoms with Crippen LogP contribution >= 0.6 is 0 Å². The van der Waals surface area contributed by atoms with E-state index in [9.17, 15) is 0 Å². The maximum atomic E-state index is 3.55. The van der Waals surface area contributed by atoms with Gasteiger partial charge in [-0.25, -0.2) is 0 Å². The van der Waals surface area contributed by atoms with Crippen molar-refractivity contribution in [2.45, 2.75) is 52.0 Å². The third-order valence-electron chi connectivity index (χ3n) is 4.62. The second-order valence-corrected chi connectivity index (χ2v) is 6.77. The molecule has 2 rings (SSSR count). The number of nitrogens with zero attached hydrogens (tertiary/aromatic N) is 2. The van der Waals surface area contributed by atoms with E-state index >= 15 is 0 Å². The largest absolute Gasteiger partial charge is 0.315 e. The van der Waals surface area contributed by atoms with Gasteiger partial charge in [0.25, 0.3) is 0 Å². The molecule has 0 saturated carbocycles. The van der Waals surface area contributed by atoms with Crippen LogP contribution in [0.5, 0.6) is 0 Å². The Morgan fingerprint density at radius 2 is 1.68 bits per heavy atom. The molecule has 0 amide bonds. The molecule has 0 unspecified atom stereocenters. The van der Waals surface area contributed by atoms with E-state index in [1.54, 1.807) is 0 Å². The second-order valence-electron chi connectivity index (χ2n) is 6.77. The maximum absolute atomic E-state index is 3.55. The van der Waals surface area contributed by atoms with Crippen molar-refractivity contribution >= 4 is 0 Å². The fourth-order valence-electron chi connectivity index (χ4n) is 3.42. The molecule has 112 valence electrons. The molecule has 2 heterocycles. The van der Waals surface area contributed by atoms with Crippen molar-refractivity contribution in [2.24, 2.45) is 5.92 Å². The number of rotatable bonds is 6. The lowest BCUT2D eigenvalue weighted by atomic mass is 10.00. The molecule has 0 aromatic rings. The van der Waals surface area contributed by atoms with Crippen molar-refractivity contribution in [2.75, 3.05) is 45.8 Å². The van der Waals surface area contributed by atoms with E-state index in [0.717, 1.165) is 25.0 Å². The van der Waals surface area contributed by atoms with E-state index in [1.165, 1.54) is 64.8 Å². The Morgan fingerprint density at radius 1 is 1.00 bits per heavy atom. The van der Waals surface area contributed by atoms with E-state index in [-0.39, 0.29) is 0 Å². The first kappa shape index (κ1) is 15.3. The highest BCUT2D eigenvalue weighted by molar-refractivity contribution is 4.81. The minimum absolute atomic E-state index is 0.768. The quantitative estimate of drug-likeness (QED) is 0.744. The van der Waals surface area contributed by atoms with E-state index in [2.05, 4.69) is 29.0 Å². The molecule has 2 fully saturated rings. The second kappa shape index (κ2) is 8.23. The Bertz CT molecular complexity index is 228. The SMILES string of the molecule is CC(C)CNCCN1CCC(N2CCCCC2)CC1. The first-order valence-electron chi connectivity index (χ1n) is 8.43. The van der Waals surface area contributed by atoms with E-state index in [4.69, 9.17) is 0 Å². The molecule has 0 bridgehead atoms. The van der Waals surface area contributed by atoms with Gasteiger partial charge in [-0.2, -0.15) is 0 Å². The van der Waals surface area contributed by atoms with Crippen LogP contribution in [0.3, 0.4) is 0 Å². The van der Waals surface area contributed by atoms with Crippen LogP contribution in [-0.2, 0) is 0 Å². The van der Waals surface area contributed by atoms with Crippen molar-refractivity contribution in [3.05, 3.63) is 0 Å². The highest BCUT2D eigenvalue weighted by Gasteiger charge is 2.25. The third kappa shape index (κ3) is 5.41. The first-order valence-corrected chi connectivity index (χ1v) is 8.43. The first-order chi connectivity index (χ1) is 9.25. The molecule has 0 atom stereocenters. The van der Waals surface area contributed by atoms with Gasteiger partial charge in [-0.15, -0.1) is 0 Å². The number of piperidine rings is 2. The minimum atomic E-state index is 0.768. The molecule has 2 aliphatic rings. The molecule has 2 aliphatic heterocycles. The van der Waals surface area contributed by atoms with Crippen molar-refractivity contribution in [3.8, 4) is 0 Å². The molecule has 3 heteroatoms. The average Bonchev–Trinajstić information content (AvgIpc) is 2.45. The lowest BCUT2D eigenvalue weighted by Crippen LogP contribution is -2.47. The third-order valence-corrected chi connectivity index (χ3v) is 4.62. The molecule has 1 N–H and O–H groups in total. The molecule has 0 aliphatic carbocycles. The summed E-state index contributed by atoms with van der Waals surface area (Å²) in [4.78, 5) is 5.41. The average molecular weight is 267 g/mol. The number of nitrogens with one attached hydrogen (secondary N) is 1. The maximum Gasteiger partial charge on any atom is 0.0120 e. The van der Waals surface area contributed by atoms with Gasteiger partial charge in [0.05, 0.1) is 0 Å². The normalized spacial score (nSPS) is 24.2. The Labute approximate surface area is 119 Å². The molecule has 2 saturated heterocycles. The molecule has 0 aromatic heterocycles. The standard InChI is InChI=1S/C16H33N3/c1-15(2)14-17-8-13-18-11-6-16(7-12-18)19-9-4-3-5-10-19/h15-17H,3-14H2,1-2H3. The Kier molecular flexibility index (Phi) is 6.62. The zero-order valence-corrected chi connectivity index (χ0v) is 13.0. The van der Waals surface area contributed by atoms with Gasteiger partial charge < -0.3 is 15.1 Å². The molecule has 3 nitrogen and oxygen atoms in total. The van der Waals surface area contributed by atoms with Gasteiger partial charge >= 0.3 is 0 Å². The molecular formula is C16H33N3. The summed E-state index contributed by atoms with van der Waals surface area (Å²) in [6, 6.07) is 0.889. The Hall–Kier alpha value is -0.120. The minimum Gasteiger partial charge on any atom is -0.315 e. The lowest BCUT2D eigenvalue weighted by Gasteiger charge is -2.40. The van der Waals surface area contributed by atoms with Crippen LogP contribution in [-0.4, -0.2) is 61.7 Å². The summed E-state index contributed by atoms with van der Waals surface area (Å²) in [5, 5.41) is 3.55. The Balaban J connectivity index is 1.57.